The maximum atomic E-state index is 13.4. The van der Waals surface area contributed by atoms with Crippen LogP contribution in [-0.2, 0) is 33.3 Å². The van der Waals surface area contributed by atoms with Crippen molar-refractivity contribution in [1.82, 2.24) is 0 Å². The van der Waals surface area contributed by atoms with Crippen LogP contribution in [0.5, 0.6) is 0 Å². The van der Waals surface area contributed by atoms with E-state index in [0.29, 0.717) is 0 Å². The number of ether oxygens (including phenoxy) is 4. The molecule has 0 amide bonds. The Hall–Kier alpha value is -1.79. The minimum atomic E-state index is -2.40. The van der Waals surface area contributed by atoms with Gasteiger partial charge in [-0.3, -0.25) is 4.79 Å². The molecule has 0 aromatic heterocycles. The van der Waals surface area contributed by atoms with Gasteiger partial charge >= 0.3 is 17.9 Å². The molecule has 4 aliphatic heterocycles. The second kappa shape index (κ2) is 4.91. The lowest BCUT2D eigenvalue weighted by Crippen LogP contribution is -2.67. The molecule has 12 atom stereocenters. The van der Waals surface area contributed by atoms with E-state index in [1.165, 1.54) is 6.92 Å². The van der Waals surface area contributed by atoms with E-state index in [4.69, 9.17) is 18.9 Å². The number of carbonyl (C=O) groups is 3. The largest absolute Gasteiger partial charge is 0.456 e. The molecule has 11 heteroatoms. The molecule has 2 aliphatic carbocycles. The van der Waals surface area contributed by atoms with Gasteiger partial charge in [0.2, 0.25) is 11.9 Å². The fraction of sp³-hybridized carbons (Fsp3) is 0.850. The summed E-state index contributed by atoms with van der Waals surface area (Å²) >= 11 is 0. The van der Waals surface area contributed by atoms with Crippen molar-refractivity contribution in [2.75, 3.05) is 0 Å². The van der Waals surface area contributed by atoms with Crippen LogP contribution in [0, 0.1) is 28.1 Å². The molecule has 4 heterocycles. The molecule has 2 spiro atoms. The van der Waals surface area contributed by atoms with E-state index in [0.717, 1.165) is 0 Å². The molecule has 6 fully saturated rings. The van der Waals surface area contributed by atoms with Gasteiger partial charge in [-0.1, -0.05) is 20.8 Å². The number of hydrogen-bond donors (Lipinski definition) is 4. The molecule has 0 unspecified atom stereocenters. The summed E-state index contributed by atoms with van der Waals surface area (Å²) in [4.78, 5) is 38.3. The van der Waals surface area contributed by atoms with E-state index in [1.54, 1.807) is 20.8 Å². The van der Waals surface area contributed by atoms with Crippen molar-refractivity contribution in [3.63, 3.8) is 0 Å². The number of aliphatic hydroxyl groups is 4. The third-order valence-electron chi connectivity index (χ3n) is 8.95. The third kappa shape index (κ3) is 1.43. The number of fused-ring (bicyclic) bond motifs is 1. The van der Waals surface area contributed by atoms with E-state index in [-0.39, 0.29) is 0 Å². The van der Waals surface area contributed by atoms with Crippen LogP contribution in [0.3, 0.4) is 0 Å². The molecule has 6 rings (SSSR count). The lowest BCUT2D eigenvalue weighted by molar-refractivity contribution is -0.240. The van der Waals surface area contributed by atoms with Gasteiger partial charge in [0.1, 0.15) is 12.2 Å². The summed E-state index contributed by atoms with van der Waals surface area (Å²) in [7, 11) is 0. The maximum absolute atomic E-state index is 13.4. The number of rotatable bonds is 0. The molecule has 0 aromatic carbocycles. The van der Waals surface area contributed by atoms with E-state index in [1.807, 2.05) is 0 Å². The molecule has 170 valence electrons. The van der Waals surface area contributed by atoms with E-state index in [9.17, 15) is 34.8 Å². The van der Waals surface area contributed by atoms with Crippen molar-refractivity contribution >= 4 is 17.9 Å². The zero-order chi connectivity index (χ0) is 22.7. The number of aliphatic hydroxyl groups excluding tert-OH is 3. The molecular formula is C20H24O11. The number of hydrogen-bond acceptors (Lipinski definition) is 11. The van der Waals surface area contributed by atoms with Crippen molar-refractivity contribution in [1.29, 1.82) is 0 Å². The standard InChI is InChI=1S/C20H24O11/c1-5-12(24)28-11-8(22)18-10-6(21)7(16(2,3)4)17(18)9(23)13(25)30-15(17)31-20(18,14(26)29-10)19(5,11)27/h5-11,15,21-23,27H,1-4H3/t5-,6+,7-,8-,9-,10+,11-,15-,17+,18+,19-,20+/m0/s1. The average Bonchev–Trinajstić information content (AvgIpc) is 3.35. The number of carbonyl (C=O) groups excluding carboxylic acids is 3. The van der Waals surface area contributed by atoms with Gasteiger partial charge in [-0.2, -0.15) is 0 Å². The summed E-state index contributed by atoms with van der Waals surface area (Å²) in [6, 6.07) is 0. The van der Waals surface area contributed by atoms with Gasteiger partial charge in [-0.25, -0.2) is 9.59 Å². The van der Waals surface area contributed by atoms with Gasteiger partial charge < -0.3 is 39.4 Å². The zero-order valence-corrected chi connectivity index (χ0v) is 17.3. The van der Waals surface area contributed by atoms with Gasteiger partial charge in [0.25, 0.3) is 0 Å². The predicted molar refractivity (Wildman–Crippen MR) is 93.4 cm³/mol. The van der Waals surface area contributed by atoms with Crippen LogP contribution in [0.4, 0.5) is 0 Å². The first-order valence-electron chi connectivity index (χ1n) is 10.3. The SMILES string of the molecule is C[C@H]1C(=O)O[C@H]2[C@H](O)[C@]34[C@@H]5OC(=O)[C@]3(O[C@@H]3OC(=O)[C@H](O)[C@]34[C@H](C(C)(C)C)[C@H]5O)[C@]12O. The van der Waals surface area contributed by atoms with Crippen LogP contribution in [0.15, 0.2) is 0 Å². The van der Waals surface area contributed by atoms with Crippen molar-refractivity contribution < 1.29 is 53.8 Å². The quantitative estimate of drug-likeness (QED) is 0.234. The highest BCUT2D eigenvalue weighted by molar-refractivity contribution is 5.94. The predicted octanol–water partition coefficient (Wildman–Crippen LogP) is -2.40. The van der Waals surface area contributed by atoms with Crippen molar-refractivity contribution in [2.45, 2.75) is 75.7 Å². The minimum absolute atomic E-state index is 0.792. The molecule has 31 heavy (non-hydrogen) atoms. The lowest BCUT2D eigenvalue weighted by Gasteiger charge is -2.47. The highest BCUT2D eigenvalue weighted by Crippen LogP contribution is 2.84. The summed E-state index contributed by atoms with van der Waals surface area (Å²) in [5.74, 6) is -5.22. The second-order valence-electron chi connectivity index (χ2n) is 10.8. The fourth-order valence-corrected chi connectivity index (χ4v) is 8.27. The summed E-state index contributed by atoms with van der Waals surface area (Å²) in [5.41, 5.74) is -9.40. The molecule has 4 N–H and O–H groups in total. The molecule has 0 aromatic rings. The maximum Gasteiger partial charge on any atom is 0.343 e. The smallest absolute Gasteiger partial charge is 0.343 e. The molecule has 4 saturated heterocycles. The molecule has 0 bridgehead atoms. The van der Waals surface area contributed by atoms with Crippen molar-refractivity contribution in [3.8, 4) is 0 Å². The van der Waals surface area contributed by atoms with Crippen LogP contribution in [0.2, 0.25) is 0 Å². The Morgan fingerprint density at radius 1 is 0.935 bits per heavy atom. The Labute approximate surface area is 176 Å². The average molecular weight is 440 g/mol. The monoisotopic (exact) mass is 440 g/mol. The second-order valence-corrected chi connectivity index (χ2v) is 10.8. The van der Waals surface area contributed by atoms with E-state index < -0.39 is 94.0 Å². The Morgan fingerprint density at radius 2 is 1.58 bits per heavy atom. The normalized spacial score (nSPS) is 61.0. The third-order valence-corrected chi connectivity index (χ3v) is 8.95. The molecule has 2 saturated carbocycles. The van der Waals surface area contributed by atoms with E-state index in [2.05, 4.69) is 0 Å². The Kier molecular flexibility index (Phi) is 3.15. The number of esters is 3. The minimum Gasteiger partial charge on any atom is -0.456 e. The van der Waals surface area contributed by atoms with Gasteiger partial charge in [-0.05, 0) is 12.3 Å². The van der Waals surface area contributed by atoms with Crippen LogP contribution in [0.1, 0.15) is 27.7 Å². The van der Waals surface area contributed by atoms with E-state index >= 15 is 0 Å². The Morgan fingerprint density at radius 3 is 2.19 bits per heavy atom. The van der Waals surface area contributed by atoms with Gasteiger partial charge in [0.05, 0.1) is 22.9 Å². The summed E-state index contributed by atoms with van der Waals surface area (Å²) < 4.78 is 22.2. The molecule has 11 nitrogen and oxygen atoms in total. The summed E-state index contributed by atoms with van der Waals surface area (Å²) in [5, 5.41) is 46.1. The van der Waals surface area contributed by atoms with Crippen molar-refractivity contribution in [3.05, 3.63) is 0 Å². The topological polar surface area (TPSA) is 169 Å². The van der Waals surface area contributed by atoms with Gasteiger partial charge in [-0.15, -0.1) is 0 Å². The first kappa shape index (κ1) is 19.9. The molecule has 6 aliphatic rings. The zero-order valence-electron chi connectivity index (χ0n) is 17.3. The highest BCUT2D eigenvalue weighted by atomic mass is 16.8. The first-order chi connectivity index (χ1) is 14.3. The van der Waals surface area contributed by atoms with Crippen LogP contribution in [-0.4, -0.2) is 86.3 Å². The highest BCUT2D eigenvalue weighted by Gasteiger charge is 3.05. The van der Waals surface area contributed by atoms with Crippen molar-refractivity contribution in [2.24, 2.45) is 28.1 Å². The summed E-state index contributed by atoms with van der Waals surface area (Å²) in [6.45, 7) is 6.63. The lowest BCUT2D eigenvalue weighted by atomic mass is 9.51. The first-order valence-corrected chi connectivity index (χ1v) is 10.3. The van der Waals surface area contributed by atoms with Crippen LogP contribution < -0.4 is 0 Å². The Bertz CT molecular complexity index is 957. The van der Waals surface area contributed by atoms with Gasteiger partial charge in [0.15, 0.2) is 17.8 Å². The fourth-order valence-electron chi connectivity index (χ4n) is 8.27. The molecular weight excluding hydrogens is 416 g/mol. The summed E-state index contributed by atoms with van der Waals surface area (Å²) in [6.07, 6.45) is -9.69. The Balaban J connectivity index is 1.75. The van der Waals surface area contributed by atoms with Gasteiger partial charge in [0, 0.05) is 5.92 Å². The molecule has 0 radical (unpaired) electrons. The van der Waals surface area contributed by atoms with Crippen LogP contribution >= 0.6 is 0 Å². The van der Waals surface area contributed by atoms with Crippen LogP contribution in [0.25, 0.3) is 0 Å².